The molecule has 0 unspecified atom stereocenters. The minimum absolute atomic E-state index is 0.922. The zero-order valence-electron chi connectivity index (χ0n) is 9.43. The number of nitrogens with zero attached hydrogens (tertiary/aromatic N) is 2. The van der Waals surface area contributed by atoms with Crippen molar-refractivity contribution in [1.82, 2.24) is 9.97 Å². The summed E-state index contributed by atoms with van der Waals surface area (Å²) in [5.41, 5.74) is 4.34. The SMILES string of the molecule is Cc1cc2nc3c(nc2cc1C)[S][Po]([NH2])([NH2])[S]3. The number of aryl methyl sites for hydroxylation is 2. The molecule has 3 rings (SSSR count). The summed E-state index contributed by atoms with van der Waals surface area (Å²) >= 11 is -2.97. The topological polar surface area (TPSA) is 77.8 Å². The van der Waals surface area contributed by atoms with E-state index in [4.69, 9.17) is 7.27 Å². The third kappa shape index (κ3) is 2.20. The van der Waals surface area contributed by atoms with E-state index >= 15 is 0 Å². The molecular formula is C10H12N4PoS2. The summed E-state index contributed by atoms with van der Waals surface area (Å²) in [4.78, 5) is 9.25. The Bertz CT molecular complexity index is 577. The fraction of sp³-hybridized carbons (Fsp3) is 0.200. The van der Waals surface area contributed by atoms with E-state index in [1.807, 2.05) is 0 Å². The normalized spacial score (nSPS) is 19.3. The molecular weight excluding hydrogens is 449 g/mol. The van der Waals surface area contributed by atoms with Gasteiger partial charge in [-0.2, -0.15) is 0 Å². The average molecular weight is 461 g/mol. The van der Waals surface area contributed by atoms with E-state index < -0.39 is 18.2 Å². The fourth-order valence-electron chi connectivity index (χ4n) is 1.65. The molecule has 17 heavy (non-hydrogen) atoms. The zero-order chi connectivity index (χ0) is 12.2. The fourth-order valence-corrected chi connectivity index (χ4v) is 17.4. The van der Waals surface area contributed by atoms with Crippen LogP contribution in [0.25, 0.3) is 11.0 Å². The van der Waals surface area contributed by atoms with Crippen molar-refractivity contribution in [2.75, 3.05) is 0 Å². The van der Waals surface area contributed by atoms with E-state index in [9.17, 15) is 0 Å². The van der Waals surface area contributed by atoms with E-state index in [1.165, 1.54) is 11.1 Å². The van der Waals surface area contributed by atoms with Gasteiger partial charge in [0.25, 0.3) is 0 Å². The van der Waals surface area contributed by atoms with Gasteiger partial charge in [-0.1, -0.05) is 0 Å². The van der Waals surface area contributed by atoms with Gasteiger partial charge in [-0.05, 0) is 0 Å². The number of hydrogen-bond donors (Lipinski definition) is 2. The Morgan fingerprint density at radius 1 is 0.941 bits per heavy atom. The van der Waals surface area contributed by atoms with E-state index in [-0.39, 0.29) is 0 Å². The summed E-state index contributed by atoms with van der Waals surface area (Å²) in [6.45, 7) is 4.17. The second-order valence-corrected chi connectivity index (χ2v) is 25.1. The van der Waals surface area contributed by atoms with Crippen molar-refractivity contribution < 1.29 is 0 Å². The second kappa shape index (κ2) is 4.04. The summed E-state index contributed by atoms with van der Waals surface area (Å²) in [6.07, 6.45) is 0. The number of hydrogen-bond acceptors (Lipinski definition) is 6. The van der Waals surface area contributed by atoms with Gasteiger partial charge in [0, 0.05) is 0 Å². The van der Waals surface area contributed by atoms with Gasteiger partial charge in [-0.3, -0.25) is 0 Å². The summed E-state index contributed by atoms with van der Waals surface area (Å²) in [7, 11) is 3.14. The molecule has 1 aromatic heterocycles. The molecule has 1 aliphatic heterocycles. The van der Waals surface area contributed by atoms with Crippen LogP contribution < -0.4 is 7.27 Å². The molecule has 0 atom stereocenters. The van der Waals surface area contributed by atoms with Gasteiger partial charge in [-0.25, -0.2) is 0 Å². The van der Waals surface area contributed by atoms with Crippen LogP contribution in [0.4, 0.5) is 0 Å². The maximum absolute atomic E-state index is 6.08. The van der Waals surface area contributed by atoms with Crippen molar-refractivity contribution in [3.63, 3.8) is 0 Å². The molecule has 0 radical (unpaired) electrons. The van der Waals surface area contributed by atoms with E-state index in [0.717, 1.165) is 21.1 Å². The molecule has 4 N–H and O–H groups in total. The average Bonchev–Trinajstić information content (AvgIpc) is 2.50. The molecule has 0 bridgehead atoms. The van der Waals surface area contributed by atoms with Crippen LogP contribution >= 0.6 is 16.9 Å². The van der Waals surface area contributed by atoms with Crippen LogP contribution in [0.5, 0.6) is 0 Å². The van der Waals surface area contributed by atoms with Gasteiger partial charge in [0.2, 0.25) is 0 Å². The number of rotatable bonds is 0. The predicted molar refractivity (Wildman–Crippen MR) is 74.9 cm³/mol. The van der Waals surface area contributed by atoms with Gasteiger partial charge in [0.15, 0.2) is 0 Å². The van der Waals surface area contributed by atoms with Crippen LogP contribution in [0.2, 0.25) is 0 Å². The Morgan fingerprint density at radius 3 is 1.76 bits per heavy atom. The van der Waals surface area contributed by atoms with Crippen LogP contribution in [-0.4, -0.2) is 28.2 Å². The number of fused-ring (bicyclic) bond motifs is 2. The summed E-state index contributed by atoms with van der Waals surface area (Å²) in [5, 5.41) is 1.84. The molecule has 2 heterocycles. The molecule has 90 valence electrons. The Hall–Kier alpha value is 0.0761. The number of nitrogens with two attached hydrogens (primary N) is 2. The molecule has 0 spiro atoms. The van der Waals surface area contributed by atoms with Crippen LogP contribution in [-0.2, 0) is 0 Å². The third-order valence-corrected chi connectivity index (χ3v) is 17.5. The summed E-state index contributed by atoms with van der Waals surface area (Å²) in [6, 6.07) is 4.15. The first-order chi connectivity index (χ1) is 7.94. The van der Waals surface area contributed by atoms with Crippen molar-refractivity contribution in [3.05, 3.63) is 23.3 Å². The van der Waals surface area contributed by atoms with Crippen molar-refractivity contribution in [2.45, 2.75) is 23.9 Å². The first kappa shape index (κ1) is 12.1. The van der Waals surface area contributed by atoms with Gasteiger partial charge >= 0.3 is 111 Å². The third-order valence-electron chi connectivity index (χ3n) is 2.64. The van der Waals surface area contributed by atoms with Crippen molar-refractivity contribution >= 4 is 46.1 Å². The summed E-state index contributed by atoms with van der Waals surface area (Å²) < 4.78 is 12.2. The molecule has 4 nitrogen and oxygen atoms in total. The molecule has 1 aromatic carbocycles. The van der Waals surface area contributed by atoms with Crippen molar-refractivity contribution in [3.8, 4) is 0 Å². The Labute approximate surface area is 110 Å². The second-order valence-electron chi connectivity index (χ2n) is 4.01. The van der Waals surface area contributed by atoms with Crippen molar-refractivity contribution in [1.29, 1.82) is 0 Å². The van der Waals surface area contributed by atoms with Crippen molar-refractivity contribution in [2.24, 2.45) is 7.27 Å². The van der Waals surface area contributed by atoms with Crippen LogP contribution in [0.15, 0.2) is 22.2 Å². The predicted octanol–water partition coefficient (Wildman–Crippen LogP) is 1.80. The minimum atomic E-state index is -2.97. The molecule has 0 amide bonds. The zero-order valence-corrected chi connectivity index (χ0v) is 14.2. The quantitative estimate of drug-likeness (QED) is 0.623. The molecule has 7 heteroatoms. The number of benzene rings is 1. The molecule has 1 aliphatic rings. The first-order valence-corrected chi connectivity index (χ1v) is 17.9. The standard InChI is InChI=1S/C10H10N2S2.2H2N.Po/c1-5-3-7-8(4-6(5)2)12-10(14)9(13)11-7;;;/h3-4H,1-2H3,(H,11,13)(H,12,14);2*1H2;/q;2*-1;+4/p-2. The molecule has 0 fully saturated rings. The van der Waals surface area contributed by atoms with Gasteiger partial charge in [-0.15, -0.1) is 0 Å². The molecule has 0 saturated carbocycles. The summed E-state index contributed by atoms with van der Waals surface area (Å²) in [5.74, 6) is 0. The monoisotopic (exact) mass is 461 g/mol. The number of aromatic nitrogens is 2. The Balaban J connectivity index is 2.23. The van der Waals surface area contributed by atoms with E-state index in [1.54, 1.807) is 16.9 Å². The Morgan fingerprint density at radius 2 is 1.35 bits per heavy atom. The van der Waals surface area contributed by atoms with Crippen LogP contribution in [0.3, 0.4) is 0 Å². The van der Waals surface area contributed by atoms with E-state index in [2.05, 4.69) is 35.9 Å². The first-order valence-electron chi connectivity index (χ1n) is 5.01. The Kier molecular flexibility index (Phi) is 2.88. The van der Waals surface area contributed by atoms with Gasteiger partial charge in [0.05, 0.1) is 0 Å². The van der Waals surface area contributed by atoms with Crippen LogP contribution in [0.1, 0.15) is 11.1 Å². The molecule has 0 saturated heterocycles. The maximum atomic E-state index is 6.08. The van der Waals surface area contributed by atoms with Crippen LogP contribution in [0, 0.1) is 13.8 Å². The van der Waals surface area contributed by atoms with Gasteiger partial charge in [0.1, 0.15) is 0 Å². The van der Waals surface area contributed by atoms with E-state index in [0.29, 0.717) is 0 Å². The van der Waals surface area contributed by atoms with Gasteiger partial charge < -0.3 is 0 Å². The molecule has 2 aromatic rings. The molecule has 0 aliphatic carbocycles.